The van der Waals surface area contributed by atoms with Gasteiger partial charge in [0.2, 0.25) is 5.95 Å². The molecule has 0 spiro atoms. The van der Waals surface area contributed by atoms with Crippen molar-refractivity contribution >= 4 is 33.6 Å². The lowest BCUT2D eigenvalue weighted by Crippen LogP contribution is -1.97. The number of benzene rings is 1. The molecular weight excluding hydrogens is 300 g/mol. The van der Waals surface area contributed by atoms with E-state index in [-0.39, 0.29) is 0 Å². The maximum atomic E-state index is 5.98. The van der Waals surface area contributed by atoms with Gasteiger partial charge in [0.15, 0.2) is 0 Å². The first kappa shape index (κ1) is 14.3. The Kier molecular flexibility index (Phi) is 3.23. The molecule has 0 saturated carbocycles. The van der Waals surface area contributed by atoms with Gasteiger partial charge in [0.25, 0.3) is 0 Å². The first-order chi connectivity index (χ1) is 11.7. The zero-order valence-corrected chi connectivity index (χ0v) is 13.4. The highest BCUT2D eigenvalue weighted by Gasteiger charge is 2.11. The number of rotatable bonds is 2. The van der Waals surface area contributed by atoms with Crippen LogP contribution in [0.4, 0.5) is 11.8 Å². The van der Waals surface area contributed by atoms with E-state index in [0.717, 1.165) is 38.5 Å². The van der Waals surface area contributed by atoms with E-state index in [1.54, 1.807) is 13.2 Å². The van der Waals surface area contributed by atoms with Crippen LogP contribution in [0.2, 0.25) is 0 Å². The molecule has 1 aromatic carbocycles. The van der Waals surface area contributed by atoms with Crippen LogP contribution in [-0.4, -0.2) is 27.0 Å². The van der Waals surface area contributed by atoms with Gasteiger partial charge >= 0.3 is 0 Å². The summed E-state index contributed by atoms with van der Waals surface area (Å²) in [5, 5.41) is 4.93. The number of anilines is 2. The molecule has 0 bridgehead atoms. The van der Waals surface area contributed by atoms with Crippen molar-refractivity contribution in [2.45, 2.75) is 6.92 Å². The lowest BCUT2D eigenvalue weighted by atomic mass is 9.97. The molecule has 118 valence electrons. The predicted molar refractivity (Wildman–Crippen MR) is 96.8 cm³/mol. The van der Waals surface area contributed by atoms with Gasteiger partial charge in [-0.15, -0.1) is 0 Å². The molecular formula is C18H16N6. The lowest BCUT2D eigenvalue weighted by Gasteiger charge is -2.12. The summed E-state index contributed by atoms with van der Waals surface area (Å²) in [6.07, 6.45) is 5.37. The van der Waals surface area contributed by atoms with Crippen LogP contribution in [0.1, 0.15) is 5.56 Å². The summed E-state index contributed by atoms with van der Waals surface area (Å²) < 4.78 is 0. The highest BCUT2D eigenvalue weighted by Crippen LogP contribution is 2.33. The molecule has 0 radical (unpaired) electrons. The van der Waals surface area contributed by atoms with Crippen molar-refractivity contribution in [3.8, 4) is 11.1 Å². The first-order valence-electron chi connectivity index (χ1n) is 7.62. The number of nitrogens with one attached hydrogen (secondary N) is 1. The van der Waals surface area contributed by atoms with E-state index in [1.165, 1.54) is 0 Å². The molecule has 0 fully saturated rings. The van der Waals surface area contributed by atoms with Crippen LogP contribution >= 0.6 is 0 Å². The van der Waals surface area contributed by atoms with Crippen LogP contribution in [0, 0.1) is 6.92 Å². The number of nitrogens with zero attached hydrogens (tertiary/aromatic N) is 4. The number of nitrogens with two attached hydrogens (primary N) is 1. The van der Waals surface area contributed by atoms with E-state index in [4.69, 9.17) is 5.73 Å². The van der Waals surface area contributed by atoms with Gasteiger partial charge in [0, 0.05) is 36.4 Å². The van der Waals surface area contributed by atoms with Crippen molar-refractivity contribution in [3.63, 3.8) is 0 Å². The summed E-state index contributed by atoms with van der Waals surface area (Å²) in [4.78, 5) is 17.3. The second-order valence-corrected chi connectivity index (χ2v) is 5.63. The first-order valence-corrected chi connectivity index (χ1v) is 7.62. The minimum absolute atomic E-state index is 0.441. The highest BCUT2D eigenvalue weighted by atomic mass is 15.1. The molecule has 24 heavy (non-hydrogen) atoms. The van der Waals surface area contributed by atoms with Gasteiger partial charge in [-0.05, 0) is 41.8 Å². The lowest BCUT2D eigenvalue weighted by molar-refractivity contribution is 1.19. The number of aryl methyl sites for hydroxylation is 1. The van der Waals surface area contributed by atoms with Gasteiger partial charge in [-0.25, -0.2) is 15.0 Å². The Labute approximate surface area is 138 Å². The monoisotopic (exact) mass is 316 g/mol. The number of pyridine rings is 2. The molecule has 4 rings (SSSR count). The van der Waals surface area contributed by atoms with E-state index >= 15 is 0 Å². The molecule has 6 nitrogen and oxygen atoms in total. The smallest absolute Gasteiger partial charge is 0.222 e. The standard InChI is InChI=1S/C18H16N6/c1-10-8-22-16-13(5-6-21-17(16)19)15(10)11-3-4-14-12(7-11)9-23-18(20-2)24-14/h3-9H,1-2H3,(H2,19,21)(H,20,23,24). The van der Waals surface area contributed by atoms with Crippen LogP contribution in [0.5, 0.6) is 0 Å². The van der Waals surface area contributed by atoms with Crippen molar-refractivity contribution in [3.05, 3.63) is 48.4 Å². The average Bonchev–Trinajstić information content (AvgIpc) is 2.61. The van der Waals surface area contributed by atoms with Crippen LogP contribution in [0.3, 0.4) is 0 Å². The Balaban J connectivity index is 1.99. The fourth-order valence-electron chi connectivity index (χ4n) is 2.94. The van der Waals surface area contributed by atoms with Crippen molar-refractivity contribution in [2.24, 2.45) is 0 Å². The van der Waals surface area contributed by atoms with E-state index in [1.807, 2.05) is 31.5 Å². The summed E-state index contributed by atoms with van der Waals surface area (Å²) in [5.41, 5.74) is 10.9. The Hall–Kier alpha value is -3.28. The van der Waals surface area contributed by atoms with Crippen LogP contribution < -0.4 is 11.1 Å². The maximum Gasteiger partial charge on any atom is 0.222 e. The molecule has 0 aliphatic heterocycles. The molecule has 0 aliphatic rings. The van der Waals surface area contributed by atoms with Crippen LogP contribution in [-0.2, 0) is 0 Å². The number of fused-ring (bicyclic) bond motifs is 2. The van der Waals surface area contributed by atoms with Gasteiger partial charge < -0.3 is 11.1 Å². The van der Waals surface area contributed by atoms with Gasteiger partial charge in [-0.3, -0.25) is 4.98 Å². The average molecular weight is 316 g/mol. The number of hydrogen-bond acceptors (Lipinski definition) is 6. The van der Waals surface area contributed by atoms with Crippen LogP contribution in [0.15, 0.2) is 42.9 Å². The molecule has 0 saturated heterocycles. The highest BCUT2D eigenvalue weighted by molar-refractivity contribution is 6.01. The van der Waals surface area contributed by atoms with E-state index < -0.39 is 0 Å². The minimum Gasteiger partial charge on any atom is -0.382 e. The largest absolute Gasteiger partial charge is 0.382 e. The van der Waals surface area contributed by atoms with Crippen LogP contribution in [0.25, 0.3) is 32.9 Å². The second kappa shape index (κ2) is 5.42. The number of aromatic nitrogens is 4. The molecule has 0 atom stereocenters. The Bertz CT molecular complexity index is 1070. The van der Waals surface area contributed by atoms with Crippen molar-refractivity contribution in [1.82, 2.24) is 19.9 Å². The van der Waals surface area contributed by atoms with Crippen molar-refractivity contribution in [1.29, 1.82) is 0 Å². The summed E-state index contributed by atoms with van der Waals surface area (Å²) in [5.74, 6) is 1.05. The summed E-state index contributed by atoms with van der Waals surface area (Å²) in [6, 6.07) is 8.11. The molecule has 3 aromatic heterocycles. The molecule has 3 heterocycles. The van der Waals surface area contributed by atoms with E-state index in [9.17, 15) is 0 Å². The van der Waals surface area contributed by atoms with Crippen molar-refractivity contribution in [2.75, 3.05) is 18.1 Å². The second-order valence-electron chi connectivity index (χ2n) is 5.63. The van der Waals surface area contributed by atoms with Gasteiger partial charge in [-0.2, -0.15) is 0 Å². The predicted octanol–water partition coefficient (Wildman–Crippen LogP) is 3.17. The number of nitrogen functional groups attached to an aromatic ring is 1. The quantitative estimate of drug-likeness (QED) is 0.590. The Morgan fingerprint density at radius 2 is 1.92 bits per heavy atom. The molecule has 3 N–H and O–H groups in total. The fraction of sp³-hybridized carbons (Fsp3) is 0.111. The third-order valence-corrected chi connectivity index (χ3v) is 4.10. The zero-order chi connectivity index (χ0) is 16.7. The van der Waals surface area contributed by atoms with Gasteiger partial charge in [0.05, 0.1) is 5.52 Å². The van der Waals surface area contributed by atoms with Crippen molar-refractivity contribution < 1.29 is 0 Å². The topological polar surface area (TPSA) is 89.6 Å². The molecule has 0 aliphatic carbocycles. The van der Waals surface area contributed by atoms with Gasteiger partial charge in [0.1, 0.15) is 11.3 Å². The summed E-state index contributed by atoms with van der Waals surface area (Å²) in [6.45, 7) is 2.04. The molecule has 6 heteroatoms. The molecule has 0 amide bonds. The molecule has 0 unspecified atom stereocenters. The van der Waals surface area contributed by atoms with Gasteiger partial charge in [-0.1, -0.05) is 6.07 Å². The third-order valence-electron chi connectivity index (χ3n) is 4.10. The normalized spacial score (nSPS) is 11.1. The summed E-state index contributed by atoms with van der Waals surface area (Å²) in [7, 11) is 1.81. The third kappa shape index (κ3) is 2.20. The number of hydrogen-bond donors (Lipinski definition) is 2. The SMILES string of the molecule is CNc1ncc2cc(-c3c(C)cnc4c(N)nccc34)ccc2n1. The van der Waals surface area contributed by atoms with E-state index in [0.29, 0.717) is 11.8 Å². The Morgan fingerprint density at radius 3 is 2.75 bits per heavy atom. The summed E-state index contributed by atoms with van der Waals surface area (Å²) >= 11 is 0. The Morgan fingerprint density at radius 1 is 1.04 bits per heavy atom. The minimum atomic E-state index is 0.441. The zero-order valence-electron chi connectivity index (χ0n) is 13.4. The molecule has 4 aromatic rings. The fourth-order valence-corrected chi connectivity index (χ4v) is 2.94. The van der Waals surface area contributed by atoms with E-state index in [2.05, 4.69) is 37.4 Å². The maximum absolute atomic E-state index is 5.98.